The van der Waals surface area contributed by atoms with Crippen LogP contribution in [0.1, 0.15) is 40.5 Å². The molecule has 0 rings (SSSR count). The Bertz CT molecular complexity index is 189. The van der Waals surface area contributed by atoms with Crippen molar-refractivity contribution in [2.24, 2.45) is 5.92 Å². The van der Waals surface area contributed by atoms with Gasteiger partial charge < -0.3 is 0 Å². The Morgan fingerprint density at radius 1 is 1.33 bits per heavy atom. The van der Waals surface area contributed by atoms with Gasteiger partial charge in [0.2, 0.25) is 5.31 Å². The first-order valence-corrected chi connectivity index (χ1v) is 5.63. The largest absolute Gasteiger partial charge is 0.541 e. The van der Waals surface area contributed by atoms with Crippen LogP contribution in [0.15, 0.2) is 10.9 Å². The van der Waals surface area contributed by atoms with Crippen LogP contribution in [-0.2, 0) is 4.57 Å². The Hall–Kier alpha value is -0.200. The summed E-state index contributed by atoms with van der Waals surface area (Å²) in [6.45, 7) is 7.98. The van der Waals surface area contributed by atoms with Crippen molar-refractivity contribution in [2.45, 2.75) is 40.5 Å². The minimum Gasteiger partial charge on any atom is -0.156 e. The molecular weight excluding hydrogens is 171 g/mol. The van der Waals surface area contributed by atoms with E-state index in [0.29, 0.717) is 0 Å². The second kappa shape index (κ2) is 5.45. The Balaban J connectivity index is 4.89. The summed E-state index contributed by atoms with van der Waals surface area (Å²) < 4.78 is 11.0. The fraction of sp³-hybridized carbons (Fsp3) is 0.778. The van der Waals surface area contributed by atoms with Crippen LogP contribution < -0.4 is 0 Å². The molecule has 0 heterocycles. The fourth-order valence-electron chi connectivity index (χ4n) is 1.38. The van der Waals surface area contributed by atoms with Crippen molar-refractivity contribution in [1.82, 2.24) is 0 Å². The van der Waals surface area contributed by atoms with Crippen molar-refractivity contribution < 1.29 is 9.46 Å². The van der Waals surface area contributed by atoms with Crippen molar-refractivity contribution in [3.8, 4) is 0 Å². The molecule has 0 aliphatic rings. The molecule has 3 heteroatoms. The van der Waals surface area contributed by atoms with E-state index in [2.05, 4.69) is 0 Å². The standard InChI is InChI=1S/C9H17O2P/c1-5-8(6-2)9(7(3)4)12(10)11/h7H,5-6H2,1-4H3/p+1. The van der Waals surface area contributed by atoms with Crippen LogP contribution in [0.25, 0.3) is 0 Å². The molecule has 1 N–H and O–H groups in total. The Morgan fingerprint density at radius 2 is 1.75 bits per heavy atom. The highest BCUT2D eigenvalue weighted by Crippen LogP contribution is 2.37. The molecule has 1 unspecified atom stereocenters. The molecule has 1 atom stereocenters. The van der Waals surface area contributed by atoms with Gasteiger partial charge in [-0.15, -0.1) is 0 Å². The zero-order valence-electron chi connectivity index (χ0n) is 8.29. The zero-order valence-corrected chi connectivity index (χ0v) is 9.19. The van der Waals surface area contributed by atoms with Gasteiger partial charge >= 0.3 is 8.03 Å². The molecule has 0 aromatic carbocycles. The van der Waals surface area contributed by atoms with E-state index >= 15 is 0 Å². The summed E-state index contributed by atoms with van der Waals surface area (Å²) in [7, 11) is -2.12. The monoisotopic (exact) mass is 189 g/mol. The molecule has 0 aromatic heterocycles. The third-order valence-electron chi connectivity index (χ3n) is 1.97. The Morgan fingerprint density at radius 3 is 1.83 bits per heavy atom. The number of allylic oxidation sites excluding steroid dienone is 2. The molecule has 0 aromatic rings. The summed E-state index contributed by atoms with van der Waals surface area (Å²) >= 11 is 0. The van der Waals surface area contributed by atoms with Crippen LogP contribution in [0.5, 0.6) is 0 Å². The van der Waals surface area contributed by atoms with Gasteiger partial charge in [-0.3, -0.25) is 0 Å². The predicted molar refractivity (Wildman–Crippen MR) is 52.3 cm³/mol. The van der Waals surface area contributed by atoms with Gasteiger partial charge in [0.05, 0.1) is 0 Å². The van der Waals surface area contributed by atoms with Crippen LogP contribution in [0.4, 0.5) is 0 Å². The lowest BCUT2D eigenvalue weighted by atomic mass is 10.0. The predicted octanol–water partition coefficient (Wildman–Crippen LogP) is 3.45. The molecule has 12 heavy (non-hydrogen) atoms. The number of hydrogen-bond donors (Lipinski definition) is 1. The second-order valence-corrected chi connectivity index (χ2v) is 4.15. The van der Waals surface area contributed by atoms with E-state index in [0.717, 1.165) is 23.7 Å². The fourth-order valence-corrected chi connectivity index (χ4v) is 2.41. The summed E-state index contributed by atoms with van der Waals surface area (Å²) in [5.74, 6) is 0.188. The molecule has 0 aliphatic heterocycles. The van der Waals surface area contributed by atoms with Crippen molar-refractivity contribution >= 4 is 8.03 Å². The summed E-state index contributed by atoms with van der Waals surface area (Å²) in [6.07, 6.45) is 1.76. The topological polar surface area (TPSA) is 37.3 Å². The van der Waals surface area contributed by atoms with E-state index in [1.807, 2.05) is 27.7 Å². The zero-order chi connectivity index (χ0) is 9.72. The maximum atomic E-state index is 11.0. The van der Waals surface area contributed by atoms with E-state index in [1.165, 1.54) is 0 Å². The molecule has 0 spiro atoms. The number of hydrogen-bond acceptors (Lipinski definition) is 1. The van der Waals surface area contributed by atoms with E-state index in [1.54, 1.807) is 0 Å². The third-order valence-corrected chi connectivity index (χ3v) is 3.21. The van der Waals surface area contributed by atoms with Crippen LogP contribution in [-0.4, -0.2) is 4.89 Å². The van der Waals surface area contributed by atoms with Crippen LogP contribution >= 0.6 is 8.03 Å². The van der Waals surface area contributed by atoms with E-state index in [9.17, 15) is 4.57 Å². The van der Waals surface area contributed by atoms with Crippen molar-refractivity contribution in [1.29, 1.82) is 0 Å². The van der Waals surface area contributed by atoms with Gasteiger partial charge in [0.15, 0.2) is 0 Å². The quantitative estimate of drug-likeness (QED) is 0.687. The molecule has 2 nitrogen and oxygen atoms in total. The average molecular weight is 189 g/mol. The van der Waals surface area contributed by atoms with E-state index in [-0.39, 0.29) is 5.92 Å². The highest BCUT2D eigenvalue weighted by molar-refractivity contribution is 7.43. The van der Waals surface area contributed by atoms with Crippen LogP contribution in [0.3, 0.4) is 0 Å². The normalized spacial score (nSPS) is 11.7. The van der Waals surface area contributed by atoms with Gasteiger partial charge in [-0.1, -0.05) is 27.7 Å². The van der Waals surface area contributed by atoms with Gasteiger partial charge in [0, 0.05) is 5.92 Å². The molecule has 0 saturated carbocycles. The van der Waals surface area contributed by atoms with Crippen LogP contribution in [0.2, 0.25) is 0 Å². The molecule has 0 bridgehead atoms. The van der Waals surface area contributed by atoms with Gasteiger partial charge in [-0.2, -0.15) is 4.89 Å². The van der Waals surface area contributed by atoms with Gasteiger partial charge in [0.1, 0.15) is 0 Å². The molecule has 0 radical (unpaired) electrons. The second-order valence-electron chi connectivity index (χ2n) is 3.12. The first-order chi connectivity index (χ1) is 5.54. The summed E-state index contributed by atoms with van der Waals surface area (Å²) in [6, 6.07) is 0. The highest BCUT2D eigenvalue weighted by Gasteiger charge is 2.27. The lowest BCUT2D eigenvalue weighted by molar-refractivity contribution is 0.503. The third kappa shape index (κ3) is 3.04. The SMILES string of the molecule is CCC(CC)=C(C(C)C)[P+](=O)O. The molecule has 70 valence electrons. The minimum atomic E-state index is -2.12. The number of rotatable bonds is 4. The Labute approximate surface area is 75.6 Å². The smallest absolute Gasteiger partial charge is 0.156 e. The first kappa shape index (κ1) is 11.8. The summed E-state index contributed by atoms with van der Waals surface area (Å²) in [4.78, 5) is 9.07. The van der Waals surface area contributed by atoms with Gasteiger partial charge in [0.25, 0.3) is 0 Å². The molecule has 0 amide bonds. The van der Waals surface area contributed by atoms with Gasteiger partial charge in [-0.25, -0.2) is 0 Å². The van der Waals surface area contributed by atoms with Crippen molar-refractivity contribution in [3.63, 3.8) is 0 Å². The van der Waals surface area contributed by atoms with Crippen molar-refractivity contribution in [2.75, 3.05) is 0 Å². The maximum Gasteiger partial charge on any atom is 0.541 e. The minimum absolute atomic E-state index is 0.188. The van der Waals surface area contributed by atoms with Gasteiger partial charge in [-0.05, 0) is 23.0 Å². The molecule has 0 saturated heterocycles. The van der Waals surface area contributed by atoms with Crippen molar-refractivity contribution in [3.05, 3.63) is 10.9 Å². The van der Waals surface area contributed by atoms with Crippen LogP contribution in [0, 0.1) is 5.92 Å². The highest BCUT2D eigenvalue weighted by atomic mass is 31.1. The average Bonchev–Trinajstić information content (AvgIpc) is 1.98. The molecule has 0 fully saturated rings. The summed E-state index contributed by atoms with van der Waals surface area (Å²) in [5.41, 5.74) is 1.13. The Kier molecular flexibility index (Phi) is 5.36. The lowest BCUT2D eigenvalue weighted by Gasteiger charge is -2.03. The molecular formula is C9H18O2P+. The molecule has 0 aliphatic carbocycles. The first-order valence-electron chi connectivity index (χ1n) is 4.42. The maximum absolute atomic E-state index is 11.0. The summed E-state index contributed by atoms with van der Waals surface area (Å²) in [5, 5.41) is 0.745. The van der Waals surface area contributed by atoms with E-state index in [4.69, 9.17) is 4.89 Å². The van der Waals surface area contributed by atoms with E-state index < -0.39 is 8.03 Å². The lowest BCUT2D eigenvalue weighted by Crippen LogP contribution is -1.95.